The molecule has 2 nitrogen and oxygen atoms in total. The molecule has 96 valence electrons. The molecule has 0 aliphatic carbocycles. The van der Waals surface area contributed by atoms with Gasteiger partial charge in [-0.2, -0.15) is 0 Å². The highest BCUT2D eigenvalue weighted by atomic mass is 16.4. The fourth-order valence-corrected chi connectivity index (χ4v) is 2.26. The minimum absolute atomic E-state index is 0.105. The number of carbonyl (C=O) groups is 1. The van der Waals surface area contributed by atoms with Crippen molar-refractivity contribution in [3.05, 3.63) is 0 Å². The Bertz CT molecular complexity index is 178. The van der Waals surface area contributed by atoms with Crippen LogP contribution in [0.25, 0.3) is 0 Å². The number of unbranched alkanes of at least 4 members (excludes halogenated alkanes) is 1. The third-order valence-electron chi connectivity index (χ3n) is 3.27. The van der Waals surface area contributed by atoms with Crippen LogP contribution in [-0.2, 0) is 4.79 Å². The smallest absolute Gasteiger partial charge is 0.306 e. The molecule has 0 rings (SSSR count). The topological polar surface area (TPSA) is 37.3 Å². The van der Waals surface area contributed by atoms with Crippen LogP contribution in [0, 0.1) is 11.8 Å². The predicted octanol–water partition coefficient (Wildman–Crippen LogP) is 4.48. The van der Waals surface area contributed by atoms with Crippen molar-refractivity contribution in [3.8, 4) is 0 Å². The van der Waals surface area contributed by atoms with E-state index in [9.17, 15) is 4.79 Å². The Hall–Kier alpha value is -0.530. The van der Waals surface area contributed by atoms with Crippen molar-refractivity contribution in [2.45, 2.75) is 72.1 Å². The van der Waals surface area contributed by atoms with E-state index in [4.69, 9.17) is 5.11 Å². The van der Waals surface area contributed by atoms with Crippen molar-refractivity contribution in [2.75, 3.05) is 0 Å². The Kier molecular flexibility index (Phi) is 9.36. The van der Waals surface area contributed by atoms with E-state index in [1.54, 1.807) is 0 Å². The van der Waals surface area contributed by atoms with E-state index in [1.165, 1.54) is 25.7 Å². The quantitative estimate of drug-likeness (QED) is 0.560. The number of carboxylic acid groups (broad SMARTS) is 1. The molecule has 0 aliphatic heterocycles. The van der Waals surface area contributed by atoms with Gasteiger partial charge in [-0.15, -0.1) is 0 Å². The Labute approximate surface area is 100 Å². The molecule has 0 heterocycles. The maximum atomic E-state index is 10.9. The van der Waals surface area contributed by atoms with Crippen LogP contribution in [0.2, 0.25) is 0 Å². The van der Waals surface area contributed by atoms with Gasteiger partial charge in [-0.3, -0.25) is 4.79 Å². The minimum Gasteiger partial charge on any atom is -0.481 e. The Morgan fingerprint density at radius 3 is 2.06 bits per heavy atom. The number of carboxylic acids is 1. The molecule has 0 amide bonds. The lowest BCUT2D eigenvalue weighted by Gasteiger charge is -2.12. The van der Waals surface area contributed by atoms with Crippen LogP contribution in [-0.4, -0.2) is 11.1 Å². The lowest BCUT2D eigenvalue weighted by molar-refractivity contribution is -0.142. The molecule has 2 heteroatoms. The second-order valence-corrected chi connectivity index (χ2v) is 5.00. The summed E-state index contributed by atoms with van der Waals surface area (Å²) in [5, 5.41) is 9.00. The molecule has 0 fully saturated rings. The molecule has 2 atom stereocenters. The average molecular weight is 228 g/mol. The van der Waals surface area contributed by atoms with Crippen molar-refractivity contribution in [1.29, 1.82) is 0 Å². The molecule has 0 aliphatic rings. The van der Waals surface area contributed by atoms with Gasteiger partial charge in [0.25, 0.3) is 0 Å². The van der Waals surface area contributed by atoms with Gasteiger partial charge in [0.2, 0.25) is 0 Å². The van der Waals surface area contributed by atoms with Gasteiger partial charge < -0.3 is 5.11 Å². The molecule has 16 heavy (non-hydrogen) atoms. The Morgan fingerprint density at radius 1 is 1.00 bits per heavy atom. The summed E-state index contributed by atoms with van der Waals surface area (Å²) in [7, 11) is 0. The highest BCUT2D eigenvalue weighted by Gasteiger charge is 2.15. The van der Waals surface area contributed by atoms with Gasteiger partial charge in [0, 0.05) is 0 Å². The molecule has 2 unspecified atom stereocenters. The van der Waals surface area contributed by atoms with E-state index in [2.05, 4.69) is 20.8 Å². The van der Waals surface area contributed by atoms with Crippen molar-refractivity contribution in [2.24, 2.45) is 11.8 Å². The van der Waals surface area contributed by atoms with E-state index in [0.717, 1.165) is 31.6 Å². The van der Waals surface area contributed by atoms with E-state index in [1.807, 2.05) is 0 Å². The van der Waals surface area contributed by atoms with E-state index < -0.39 is 5.97 Å². The second kappa shape index (κ2) is 9.68. The summed E-state index contributed by atoms with van der Waals surface area (Å²) in [6.45, 7) is 6.57. The van der Waals surface area contributed by atoms with Crippen LogP contribution < -0.4 is 0 Å². The molecule has 0 spiro atoms. The van der Waals surface area contributed by atoms with Crippen LogP contribution in [0.5, 0.6) is 0 Å². The van der Waals surface area contributed by atoms with Crippen molar-refractivity contribution < 1.29 is 9.90 Å². The number of hydrogen-bond acceptors (Lipinski definition) is 1. The molecule has 0 saturated heterocycles. The lowest BCUT2D eigenvalue weighted by Crippen LogP contribution is -2.13. The first-order valence-electron chi connectivity index (χ1n) is 6.84. The maximum Gasteiger partial charge on any atom is 0.306 e. The number of aliphatic carboxylic acids is 1. The van der Waals surface area contributed by atoms with Gasteiger partial charge in [0.05, 0.1) is 5.92 Å². The highest BCUT2D eigenvalue weighted by Crippen LogP contribution is 2.19. The molecule has 0 aromatic heterocycles. The van der Waals surface area contributed by atoms with Crippen LogP contribution in [0.15, 0.2) is 0 Å². The predicted molar refractivity (Wildman–Crippen MR) is 68.6 cm³/mol. The summed E-state index contributed by atoms with van der Waals surface area (Å²) in [6, 6.07) is 0. The number of rotatable bonds is 10. The SMILES string of the molecule is CCCC(C)CCCCC(CCC)C(=O)O. The molecule has 0 radical (unpaired) electrons. The zero-order valence-corrected chi connectivity index (χ0v) is 11.2. The van der Waals surface area contributed by atoms with Gasteiger partial charge in [0.15, 0.2) is 0 Å². The first-order chi connectivity index (χ1) is 7.61. The molecule has 0 aromatic carbocycles. The standard InChI is InChI=1S/C14H28O2/c1-4-8-12(3)10-6-7-11-13(9-5-2)14(15)16/h12-13H,4-11H2,1-3H3,(H,15,16). The van der Waals surface area contributed by atoms with E-state index in [0.29, 0.717) is 0 Å². The second-order valence-electron chi connectivity index (χ2n) is 5.00. The van der Waals surface area contributed by atoms with Crippen molar-refractivity contribution >= 4 is 5.97 Å². The average Bonchev–Trinajstić information content (AvgIpc) is 2.22. The first kappa shape index (κ1) is 15.5. The maximum absolute atomic E-state index is 10.9. The zero-order valence-electron chi connectivity index (χ0n) is 11.2. The Balaban J connectivity index is 3.58. The zero-order chi connectivity index (χ0) is 12.4. The molecule has 0 bridgehead atoms. The van der Waals surface area contributed by atoms with Crippen molar-refractivity contribution in [3.63, 3.8) is 0 Å². The third kappa shape index (κ3) is 7.72. The monoisotopic (exact) mass is 228 g/mol. The van der Waals surface area contributed by atoms with Crippen LogP contribution in [0.3, 0.4) is 0 Å². The summed E-state index contributed by atoms with van der Waals surface area (Å²) >= 11 is 0. The molecule has 0 saturated carbocycles. The van der Waals surface area contributed by atoms with Gasteiger partial charge in [-0.05, 0) is 18.8 Å². The van der Waals surface area contributed by atoms with Crippen LogP contribution in [0.4, 0.5) is 0 Å². The van der Waals surface area contributed by atoms with E-state index >= 15 is 0 Å². The summed E-state index contributed by atoms with van der Waals surface area (Å²) in [5.41, 5.74) is 0. The molecule has 1 N–H and O–H groups in total. The van der Waals surface area contributed by atoms with Crippen LogP contribution >= 0.6 is 0 Å². The summed E-state index contributed by atoms with van der Waals surface area (Å²) < 4.78 is 0. The summed E-state index contributed by atoms with van der Waals surface area (Å²) in [6.07, 6.45) is 8.75. The highest BCUT2D eigenvalue weighted by molar-refractivity contribution is 5.69. The molecule has 0 aromatic rings. The first-order valence-corrected chi connectivity index (χ1v) is 6.84. The minimum atomic E-state index is -0.608. The fraction of sp³-hybridized carbons (Fsp3) is 0.929. The van der Waals surface area contributed by atoms with Gasteiger partial charge in [-0.25, -0.2) is 0 Å². The lowest BCUT2D eigenvalue weighted by atomic mass is 9.93. The third-order valence-corrected chi connectivity index (χ3v) is 3.27. The molecular formula is C14H28O2. The van der Waals surface area contributed by atoms with Gasteiger partial charge >= 0.3 is 5.97 Å². The van der Waals surface area contributed by atoms with Gasteiger partial charge in [0.1, 0.15) is 0 Å². The largest absolute Gasteiger partial charge is 0.481 e. The molecular weight excluding hydrogens is 200 g/mol. The normalized spacial score (nSPS) is 14.7. The fourth-order valence-electron chi connectivity index (χ4n) is 2.26. The Morgan fingerprint density at radius 2 is 1.56 bits per heavy atom. The summed E-state index contributed by atoms with van der Waals surface area (Å²) in [5.74, 6) is 0.0920. The van der Waals surface area contributed by atoms with Crippen LogP contribution in [0.1, 0.15) is 72.1 Å². The number of hydrogen-bond donors (Lipinski definition) is 1. The summed E-state index contributed by atoms with van der Waals surface area (Å²) in [4.78, 5) is 10.9. The van der Waals surface area contributed by atoms with E-state index in [-0.39, 0.29) is 5.92 Å². The van der Waals surface area contributed by atoms with Gasteiger partial charge in [-0.1, -0.05) is 59.3 Å². The van der Waals surface area contributed by atoms with Crippen molar-refractivity contribution in [1.82, 2.24) is 0 Å².